The van der Waals surface area contributed by atoms with Gasteiger partial charge in [-0.1, -0.05) is 6.07 Å². The van der Waals surface area contributed by atoms with Gasteiger partial charge in [0.2, 0.25) is 0 Å². The van der Waals surface area contributed by atoms with E-state index in [-0.39, 0.29) is 17.9 Å². The van der Waals surface area contributed by atoms with Gasteiger partial charge in [-0.25, -0.2) is 0 Å². The van der Waals surface area contributed by atoms with E-state index in [1.54, 1.807) is 12.1 Å². The molecule has 0 saturated carbocycles. The Hall–Kier alpha value is -4.06. The van der Waals surface area contributed by atoms with Crippen molar-refractivity contribution in [3.63, 3.8) is 0 Å². The highest BCUT2D eigenvalue weighted by Crippen LogP contribution is 2.37. The number of esters is 3. The molecule has 1 aliphatic heterocycles. The Kier molecular flexibility index (Phi) is 8.20. The van der Waals surface area contributed by atoms with E-state index in [0.29, 0.717) is 17.1 Å². The lowest BCUT2D eigenvalue weighted by Crippen LogP contribution is -2.41. The Morgan fingerprint density at radius 1 is 0.944 bits per heavy atom. The predicted molar refractivity (Wildman–Crippen MR) is 123 cm³/mol. The molecule has 0 spiro atoms. The van der Waals surface area contributed by atoms with Gasteiger partial charge in [-0.2, -0.15) is 0 Å². The molecule has 2 unspecified atom stereocenters. The Morgan fingerprint density at radius 3 is 2.17 bits per heavy atom. The van der Waals surface area contributed by atoms with Crippen molar-refractivity contribution < 1.29 is 47.9 Å². The van der Waals surface area contributed by atoms with Crippen molar-refractivity contribution in [1.29, 1.82) is 0 Å². The summed E-state index contributed by atoms with van der Waals surface area (Å²) in [5, 5.41) is 10.5. The number of aromatic hydroxyl groups is 1. The molecule has 2 aromatic rings. The van der Waals surface area contributed by atoms with E-state index in [0.717, 1.165) is 18.4 Å². The number of rotatable bonds is 8. The molecular weight excluding hydrogens is 478 g/mol. The van der Waals surface area contributed by atoms with Crippen LogP contribution in [-0.4, -0.2) is 66.7 Å². The van der Waals surface area contributed by atoms with Gasteiger partial charge in [0, 0.05) is 27.0 Å². The summed E-state index contributed by atoms with van der Waals surface area (Å²) in [7, 11) is 2.89. The second-order valence-corrected chi connectivity index (χ2v) is 7.87. The Bertz CT molecular complexity index is 1210. The summed E-state index contributed by atoms with van der Waals surface area (Å²) in [5.74, 6) is -1.59. The quantitative estimate of drug-likeness (QED) is 0.411. The maximum Gasteiger partial charge on any atom is 0.303 e. The number of hydrogen-bond donors (Lipinski definition) is 1. The smallest absolute Gasteiger partial charge is 0.303 e. The minimum atomic E-state index is -1.27. The number of pyridine rings is 1. The van der Waals surface area contributed by atoms with Gasteiger partial charge in [-0.15, -0.1) is 0 Å². The van der Waals surface area contributed by atoms with E-state index < -0.39 is 48.0 Å². The van der Waals surface area contributed by atoms with E-state index in [4.69, 9.17) is 28.4 Å². The number of carbonyl (C=O) groups excluding carboxylic acids is 3. The minimum absolute atomic E-state index is 0.0869. The van der Waals surface area contributed by atoms with Crippen molar-refractivity contribution in [1.82, 2.24) is 4.57 Å². The maximum atomic E-state index is 13.6. The second kappa shape index (κ2) is 11.1. The zero-order chi connectivity index (χ0) is 26.6. The predicted octanol–water partition coefficient (Wildman–Crippen LogP) is 1.56. The van der Waals surface area contributed by atoms with Crippen LogP contribution in [0, 0.1) is 0 Å². The number of aromatic nitrogens is 1. The molecule has 1 saturated heterocycles. The van der Waals surface area contributed by atoms with Crippen LogP contribution in [0.15, 0.2) is 35.3 Å². The third-order valence-electron chi connectivity index (χ3n) is 5.38. The molecule has 1 aliphatic rings. The highest BCUT2D eigenvalue weighted by Gasteiger charge is 2.51. The van der Waals surface area contributed by atoms with E-state index in [1.165, 1.54) is 39.5 Å². The summed E-state index contributed by atoms with van der Waals surface area (Å²) in [6.07, 6.45) is -3.50. The number of nitrogens with zero attached hydrogens (tertiary/aromatic N) is 1. The third-order valence-corrected chi connectivity index (χ3v) is 5.38. The lowest BCUT2D eigenvalue weighted by molar-refractivity contribution is -0.166. The number of ether oxygens (including phenoxy) is 6. The molecule has 1 N–H and O–H groups in total. The van der Waals surface area contributed by atoms with Crippen LogP contribution in [0.2, 0.25) is 0 Å². The Labute approximate surface area is 206 Å². The summed E-state index contributed by atoms with van der Waals surface area (Å²) < 4.78 is 33.3. The van der Waals surface area contributed by atoms with E-state index in [2.05, 4.69) is 0 Å². The molecule has 0 amide bonds. The molecule has 1 fully saturated rings. The SMILES string of the molecule is COc1ccc(-c2c(O)ccn([C@@H]3O[C@H](COC(C)=O)C(OC(C)=O)C3OC(C)=O)c2=O)cc1OC. The van der Waals surface area contributed by atoms with Crippen molar-refractivity contribution in [3.8, 4) is 28.4 Å². The number of methoxy groups -OCH3 is 2. The molecule has 36 heavy (non-hydrogen) atoms. The normalized spacial score (nSPS) is 20.9. The first-order valence-corrected chi connectivity index (χ1v) is 10.9. The fourth-order valence-corrected chi connectivity index (χ4v) is 3.92. The monoisotopic (exact) mass is 505 g/mol. The molecule has 1 aromatic carbocycles. The van der Waals surface area contributed by atoms with Crippen molar-refractivity contribution in [2.75, 3.05) is 20.8 Å². The summed E-state index contributed by atoms with van der Waals surface area (Å²) in [5.41, 5.74) is -0.463. The van der Waals surface area contributed by atoms with Crippen LogP contribution >= 0.6 is 0 Å². The van der Waals surface area contributed by atoms with Crippen LogP contribution in [0.25, 0.3) is 11.1 Å². The van der Waals surface area contributed by atoms with Crippen LogP contribution in [0.4, 0.5) is 0 Å². The van der Waals surface area contributed by atoms with Crippen LogP contribution in [0.5, 0.6) is 17.2 Å². The Morgan fingerprint density at radius 2 is 1.58 bits per heavy atom. The van der Waals surface area contributed by atoms with Gasteiger partial charge in [0.25, 0.3) is 5.56 Å². The first-order valence-electron chi connectivity index (χ1n) is 10.9. The molecule has 0 aliphatic carbocycles. The van der Waals surface area contributed by atoms with Gasteiger partial charge >= 0.3 is 17.9 Å². The zero-order valence-corrected chi connectivity index (χ0v) is 20.4. The lowest BCUT2D eigenvalue weighted by atomic mass is 10.0. The summed E-state index contributed by atoms with van der Waals surface area (Å²) in [6, 6.07) is 5.92. The van der Waals surface area contributed by atoms with Gasteiger partial charge in [-0.05, 0) is 23.8 Å². The molecule has 3 rings (SSSR count). The maximum absolute atomic E-state index is 13.6. The zero-order valence-electron chi connectivity index (χ0n) is 20.4. The molecule has 0 radical (unpaired) electrons. The van der Waals surface area contributed by atoms with E-state index in [1.807, 2.05) is 0 Å². The van der Waals surface area contributed by atoms with Crippen molar-refractivity contribution in [2.24, 2.45) is 0 Å². The Balaban J connectivity index is 2.11. The molecule has 4 atom stereocenters. The highest BCUT2D eigenvalue weighted by atomic mass is 16.7. The van der Waals surface area contributed by atoms with Crippen LogP contribution in [0.3, 0.4) is 0 Å². The molecular formula is C24H27NO11. The molecule has 12 heteroatoms. The number of benzene rings is 1. The molecule has 12 nitrogen and oxygen atoms in total. The first-order chi connectivity index (χ1) is 17.1. The average Bonchev–Trinajstić information content (AvgIpc) is 3.13. The number of carbonyl (C=O) groups is 3. The standard InChI is InChI=1S/C24H27NO11/c1-12(26)33-11-19-21(34-13(2)27)22(35-14(3)28)24(36-19)25-9-8-16(29)20(23(25)30)15-6-7-17(31-4)18(10-15)32-5/h6-10,19,21-22,24,29H,11H2,1-5H3/t19-,21?,22?,24-/m1/s1. The molecule has 1 aromatic heterocycles. The molecule has 194 valence electrons. The van der Waals surface area contributed by atoms with Crippen LogP contribution in [-0.2, 0) is 33.3 Å². The first kappa shape index (κ1) is 26.5. The lowest BCUT2D eigenvalue weighted by Gasteiger charge is -2.24. The average molecular weight is 505 g/mol. The summed E-state index contributed by atoms with van der Waals surface area (Å²) in [4.78, 5) is 48.6. The van der Waals surface area contributed by atoms with Crippen molar-refractivity contribution in [2.45, 2.75) is 45.3 Å². The van der Waals surface area contributed by atoms with Gasteiger partial charge in [0.1, 0.15) is 18.5 Å². The van der Waals surface area contributed by atoms with Crippen molar-refractivity contribution in [3.05, 3.63) is 40.8 Å². The van der Waals surface area contributed by atoms with Gasteiger partial charge in [0.05, 0.1) is 19.8 Å². The third kappa shape index (κ3) is 5.60. The van der Waals surface area contributed by atoms with Crippen molar-refractivity contribution >= 4 is 17.9 Å². The van der Waals surface area contributed by atoms with Crippen LogP contribution < -0.4 is 15.0 Å². The minimum Gasteiger partial charge on any atom is -0.507 e. The fraction of sp³-hybridized carbons (Fsp3) is 0.417. The van der Waals surface area contributed by atoms with E-state index >= 15 is 0 Å². The van der Waals surface area contributed by atoms with Gasteiger partial charge < -0.3 is 33.5 Å². The molecule has 0 bridgehead atoms. The fourth-order valence-electron chi connectivity index (χ4n) is 3.92. The van der Waals surface area contributed by atoms with E-state index in [9.17, 15) is 24.3 Å². The topological polar surface area (TPSA) is 149 Å². The highest BCUT2D eigenvalue weighted by molar-refractivity contribution is 5.72. The summed E-state index contributed by atoms with van der Waals surface area (Å²) >= 11 is 0. The molecule has 2 heterocycles. The van der Waals surface area contributed by atoms with Gasteiger partial charge in [0.15, 0.2) is 29.9 Å². The number of hydrogen-bond acceptors (Lipinski definition) is 11. The summed E-state index contributed by atoms with van der Waals surface area (Å²) in [6.45, 7) is 3.17. The largest absolute Gasteiger partial charge is 0.507 e. The van der Waals surface area contributed by atoms with Gasteiger partial charge in [-0.3, -0.25) is 23.7 Å². The second-order valence-electron chi connectivity index (χ2n) is 7.87. The van der Waals surface area contributed by atoms with Crippen LogP contribution in [0.1, 0.15) is 27.0 Å².